The molecule has 0 bridgehead atoms. The SMILES string of the molecule is c1ccc(-c2cc(-c3ccccc3)c3c(n2)c(-c2ccc(-c4nc(-c5ccccc5)nc(-c5cccc(-n6c7ccccc7c7ccccc76)c5)n4)cc2)cc2ccccc23)cc1. The highest BCUT2D eigenvalue weighted by Gasteiger charge is 2.19. The van der Waals surface area contributed by atoms with E-state index in [1.165, 1.54) is 16.2 Å². The van der Waals surface area contributed by atoms with Gasteiger partial charge in [-0.2, -0.15) is 0 Å². The summed E-state index contributed by atoms with van der Waals surface area (Å²) in [4.78, 5) is 20.8. The Hall–Kier alpha value is -8.54. The van der Waals surface area contributed by atoms with Gasteiger partial charge in [0.1, 0.15) is 0 Å². The van der Waals surface area contributed by atoms with Gasteiger partial charge in [-0.1, -0.05) is 188 Å². The zero-order valence-corrected chi connectivity index (χ0v) is 34.1. The van der Waals surface area contributed by atoms with Crippen molar-refractivity contribution < 1.29 is 0 Å². The topological polar surface area (TPSA) is 56.5 Å². The van der Waals surface area contributed by atoms with Crippen molar-refractivity contribution in [1.82, 2.24) is 24.5 Å². The van der Waals surface area contributed by atoms with Gasteiger partial charge in [-0.3, -0.25) is 0 Å². The average molecular weight is 804 g/mol. The molecule has 5 nitrogen and oxygen atoms in total. The molecule has 5 heteroatoms. The highest BCUT2D eigenvalue weighted by molar-refractivity contribution is 6.18. The van der Waals surface area contributed by atoms with Gasteiger partial charge in [-0.15, -0.1) is 0 Å². The zero-order chi connectivity index (χ0) is 41.7. The van der Waals surface area contributed by atoms with Crippen LogP contribution in [0.15, 0.2) is 224 Å². The molecular weight excluding hydrogens is 767 g/mol. The van der Waals surface area contributed by atoms with E-state index >= 15 is 0 Å². The van der Waals surface area contributed by atoms with Crippen molar-refractivity contribution in [3.05, 3.63) is 224 Å². The molecule has 0 saturated heterocycles. The fourth-order valence-corrected chi connectivity index (χ4v) is 9.04. The van der Waals surface area contributed by atoms with Crippen molar-refractivity contribution in [2.24, 2.45) is 0 Å². The molecule has 0 fully saturated rings. The molecule has 0 aliphatic carbocycles. The van der Waals surface area contributed by atoms with E-state index in [1.807, 2.05) is 36.4 Å². The molecule has 0 unspecified atom stereocenters. The minimum Gasteiger partial charge on any atom is -0.309 e. The summed E-state index contributed by atoms with van der Waals surface area (Å²) in [5.41, 5.74) is 13.5. The Morgan fingerprint density at radius 1 is 0.302 bits per heavy atom. The largest absolute Gasteiger partial charge is 0.309 e. The summed E-state index contributed by atoms with van der Waals surface area (Å²) < 4.78 is 2.32. The lowest BCUT2D eigenvalue weighted by molar-refractivity contribution is 1.07. The third-order valence-corrected chi connectivity index (χ3v) is 12.0. The Labute approximate surface area is 364 Å². The summed E-state index contributed by atoms with van der Waals surface area (Å²) in [7, 11) is 0. The predicted octanol–water partition coefficient (Wildman–Crippen LogP) is 14.7. The monoisotopic (exact) mass is 803 g/mol. The van der Waals surface area contributed by atoms with Crippen LogP contribution < -0.4 is 0 Å². The maximum atomic E-state index is 5.45. The van der Waals surface area contributed by atoms with Gasteiger partial charge in [0.2, 0.25) is 0 Å². The van der Waals surface area contributed by atoms with Crippen LogP contribution in [0.4, 0.5) is 0 Å². The average Bonchev–Trinajstić information content (AvgIpc) is 3.71. The van der Waals surface area contributed by atoms with E-state index in [0.717, 1.165) is 83.2 Å². The minimum atomic E-state index is 0.604. The van der Waals surface area contributed by atoms with Crippen molar-refractivity contribution in [1.29, 1.82) is 0 Å². The lowest BCUT2D eigenvalue weighted by Crippen LogP contribution is -2.01. The smallest absolute Gasteiger partial charge is 0.164 e. The Bertz CT molecular complexity index is 3600. The van der Waals surface area contributed by atoms with Crippen LogP contribution in [0.3, 0.4) is 0 Å². The van der Waals surface area contributed by atoms with Crippen LogP contribution in [-0.2, 0) is 0 Å². The maximum Gasteiger partial charge on any atom is 0.164 e. The highest BCUT2D eigenvalue weighted by atomic mass is 15.0. The number of rotatable bonds is 7. The van der Waals surface area contributed by atoms with Gasteiger partial charge in [0, 0.05) is 49.7 Å². The molecule has 294 valence electrons. The quantitative estimate of drug-likeness (QED) is 0.151. The summed E-state index contributed by atoms with van der Waals surface area (Å²) >= 11 is 0. The molecular formula is C58H37N5. The van der Waals surface area contributed by atoms with Crippen LogP contribution in [-0.4, -0.2) is 24.5 Å². The van der Waals surface area contributed by atoms with Crippen molar-refractivity contribution in [3.8, 4) is 73.4 Å². The lowest BCUT2D eigenvalue weighted by Gasteiger charge is -2.17. The van der Waals surface area contributed by atoms with Gasteiger partial charge >= 0.3 is 0 Å². The highest BCUT2D eigenvalue weighted by Crippen LogP contribution is 2.42. The fraction of sp³-hybridized carbons (Fsp3) is 0. The molecule has 3 aromatic heterocycles. The van der Waals surface area contributed by atoms with Gasteiger partial charge in [-0.05, 0) is 63.9 Å². The first-order valence-corrected chi connectivity index (χ1v) is 21.2. The van der Waals surface area contributed by atoms with Crippen LogP contribution in [0.2, 0.25) is 0 Å². The molecule has 12 aromatic rings. The second-order valence-corrected chi connectivity index (χ2v) is 15.8. The van der Waals surface area contributed by atoms with Gasteiger partial charge < -0.3 is 4.57 Å². The second kappa shape index (κ2) is 15.2. The van der Waals surface area contributed by atoms with E-state index in [-0.39, 0.29) is 0 Å². The first kappa shape index (κ1) is 36.3. The van der Waals surface area contributed by atoms with E-state index in [9.17, 15) is 0 Å². The summed E-state index contributed by atoms with van der Waals surface area (Å²) in [6, 6.07) is 78.6. The third kappa shape index (κ3) is 6.42. The van der Waals surface area contributed by atoms with Gasteiger partial charge in [0.05, 0.1) is 22.2 Å². The van der Waals surface area contributed by atoms with Crippen LogP contribution >= 0.6 is 0 Å². The van der Waals surface area contributed by atoms with Crippen molar-refractivity contribution >= 4 is 43.5 Å². The van der Waals surface area contributed by atoms with Crippen LogP contribution in [0.1, 0.15) is 0 Å². The molecule has 0 atom stereocenters. The van der Waals surface area contributed by atoms with Crippen molar-refractivity contribution in [2.45, 2.75) is 0 Å². The molecule has 0 spiro atoms. The van der Waals surface area contributed by atoms with Crippen molar-refractivity contribution in [3.63, 3.8) is 0 Å². The predicted molar refractivity (Wildman–Crippen MR) is 260 cm³/mol. The molecule has 0 amide bonds. The molecule has 63 heavy (non-hydrogen) atoms. The molecule has 12 rings (SSSR count). The van der Waals surface area contributed by atoms with Crippen molar-refractivity contribution in [2.75, 3.05) is 0 Å². The number of hydrogen-bond acceptors (Lipinski definition) is 4. The molecule has 0 aliphatic rings. The molecule has 0 N–H and O–H groups in total. The Kier molecular flexibility index (Phi) is 8.75. The summed E-state index contributed by atoms with van der Waals surface area (Å²) in [6.07, 6.45) is 0. The van der Waals surface area contributed by atoms with Crippen LogP contribution in [0, 0.1) is 0 Å². The Morgan fingerprint density at radius 3 is 1.43 bits per heavy atom. The van der Waals surface area contributed by atoms with Crippen LogP contribution in [0.25, 0.3) is 117 Å². The third-order valence-electron chi connectivity index (χ3n) is 12.0. The Morgan fingerprint density at radius 2 is 0.778 bits per heavy atom. The standard InChI is InChI=1S/C58H37N5/c1-4-17-38(18-5-1)49-37-51(40-19-6-2-7-20-40)59-55-50(36-43-23-10-11-26-46(43)54(49)55)39-31-33-42(34-32-39)57-60-56(41-21-8-3-9-22-41)61-58(62-57)44-24-16-25-45(35-44)63-52-29-14-12-27-47(52)48-28-13-15-30-53(48)63/h1-37H. The molecule has 0 radical (unpaired) electrons. The molecule has 3 heterocycles. The van der Waals surface area contributed by atoms with E-state index in [1.54, 1.807) is 0 Å². The van der Waals surface area contributed by atoms with Crippen LogP contribution in [0.5, 0.6) is 0 Å². The first-order valence-electron chi connectivity index (χ1n) is 21.2. The van der Waals surface area contributed by atoms with E-state index < -0.39 is 0 Å². The first-order chi connectivity index (χ1) is 31.2. The summed E-state index contributed by atoms with van der Waals surface area (Å²) in [5, 5.41) is 5.91. The summed E-state index contributed by atoms with van der Waals surface area (Å²) in [5.74, 6) is 1.83. The molecule has 9 aromatic carbocycles. The van der Waals surface area contributed by atoms with Gasteiger partial charge in [0.25, 0.3) is 0 Å². The van der Waals surface area contributed by atoms with Gasteiger partial charge in [-0.25, -0.2) is 19.9 Å². The second-order valence-electron chi connectivity index (χ2n) is 15.8. The maximum absolute atomic E-state index is 5.45. The molecule has 0 aliphatic heterocycles. The normalized spacial score (nSPS) is 11.5. The fourth-order valence-electron chi connectivity index (χ4n) is 9.04. The molecule has 0 saturated carbocycles. The number of benzene rings is 9. The lowest BCUT2D eigenvalue weighted by atomic mass is 9.90. The number of para-hydroxylation sites is 2. The summed E-state index contributed by atoms with van der Waals surface area (Å²) in [6.45, 7) is 0. The number of nitrogens with zero attached hydrogens (tertiary/aromatic N) is 5. The zero-order valence-electron chi connectivity index (χ0n) is 34.1. The van der Waals surface area contributed by atoms with E-state index in [0.29, 0.717) is 17.5 Å². The number of fused-ring (bicyclic) bond motifs is 6. The Balaban J connectivity index is 1.01. The number of hydrogen-bond donors (Lipinski definition) is 0. The van der Waals surface area contributed by atoms with E-state index in [4.69, 9.17) is 19.9 Å². The minimum absolute atomic E-state index is 0.604. The number of pyridine rings is 1. The van der Waals surface area contributed by atoms with Gasteiger partial charge in [0.15, 0.2) is 17.5 Å². The number of aromatic nitrogens is 5. The van der Waals surface area contributed by atoms with E-state index in [2.05, 4.69) is 193 Å².